The van der Waals surface area contributed by atoms with Crippen LogP contribution in [0.4, 0.5) is 0 Å². The van der Waals surface area contributed by atoms with Gasteiger partial charge in [0.1, 0.15) is 11.9 Å². The first kappa shape index (κ1) is 22.8. The van der Waals surface area contributed by atoms with Gasteiger partial charge in [-0.3, -0.25) is 14.4 Å². The summed E-state index contributed by atoms with van der Waals surface area (Å²) in [5.41, 5.74) is -0.0189. The van der Waals surface area contributed by atoms with E-state index in [1.165, 1.54) is 26.9 Å². The number of ketones is 1. The molecule has 0 amide bonds. The fourth-order valence-electron chi connectivity index (χ4n) is 8.44. The second-order valence-corrected chi connectivity index (χ2v) is 11.3. The van der Waals surface area contributed by atoms with Crippen molar-refractivity contribution in [3.8, 4) is 0 Å². The zero-order valence-corrected chi connectivity index (χ0v) is 19.8. The third-order valence-corrected chi connectivity index (χ3v) is 10.2. The van der Waals surface area contributed by atoms with Crippen molar-refractivity contribution >= 4 is 17.7 Å². The lowest BCUT2D eigenvalue weighted by molar-refractivity contribution is -0.166. The Morgan fingerprint density at radius 3 is 2.55 bits per heavy atom. The monoisotopic (exact) mass is 432 g/mol. The number of Topliss-reactive ketones (excluding diaryl/α,β-unsaturated/α-hetero) is 1. The molecule has 31 heavy (non-hydrogen) atoms. The van der Waals surface area contributed by atoms with E-state index in [1.807, 2.05) is 0 Å². The number of carbonyl (C=O) groups is 3. The third kappa shape index (κ3) is 3.84. The SMILES string of the molecule is COC(=O)CCC[C@H]1CC[C@H]2C3CC[C@@H]4C[C@H](OC(C)=O)CC[C@]4(C)[C@H]3CC(=O)[C@]12C. The van der Waals surface area contributed by atoms with Crippen molar-refractivity contribution in [1.29, 1.82) is 0 Å². The van der Waals surface area contributed by atoms with Gasteiger partial charge in [-0.05, 0) is 92.8 Å². The van der Waals surface area contributed by atoms with Crippen molar-refractivity contribution in [3.63, 3.8) is 0 Å². The maximum atomic E-state index is 13.7. The molecular weight excluding hydrogens is 392 g/mol. The number of ether oxygens (including phenoxy) is 2. The highest BCUT2D eigenvalue weighted by molar-refractivity contribution is 5.87. The number of rotatable bonds is 5. The fraction of sp³-hybridized carbons (Fsp3) is 0.885. The van der Waals surface area contributed by atoms with E-state index in [-0.39, 0.29) is 28.9 Å². The van der Waals surface area contributed by atoms with Crippen molar-refractivity contribution in [2.24, 2.45) is 40.4 Å². The van der Waals surface area contributed by atoms with Crippen molar-refractivity contribution in [1.82, 2.24) is 0 Å². The maximum absolute atomic E-state index is 13.7. The van der Waals surface area contributed by atoms with Crippen LogP contribution in [-0.4, -0.2) is 30.9 Å². The van der Waals surface area contributed by atoms with E-state index >= 15 is 0 Å². The fourth-order valence-corrected chi connectivity index (χ4v) is 8.44. The molecule has 0 aromatic carbocycles. The van der Waals surface area contributed by atoms with Gasteiger partial charge in [-0.25, -0.2) is 0 Å². The minimum absolute atomic E-state index is 0.0577. The summed E-state index contributed by atoms with van der Waals surface area (Å²) < 4.78 is 10.4. The van der Waals surface area contributed by atoms with Gasteiger partial charge >= 0.3 is 11.9 Å². The summed E-state index contributed by atoms with van der Waals surface area (Å²) in [5.74, 6) is 2.72. The van der Waals surface area contributed by atoms with Gasteiger partial charge in [0, 0.05) is 25.2 Å². The average molecular weight is 433 g/mol. The summed E-state index contributed by atoms with van der Waals surface area (Å²) in [6.45, 7) is 6.18. The molecule has 4 rings (SSSR count). The molecule has 4 saturated carbocycles. The number of fused-ring (bicyclic) bond motifs is 5. The number of carbonyl (C=O) groups excluding carboxylic acids is 3. The second-order valence-electron chi connectivity index (χ2n) is 11.3. The van der Waals surface area contributed by atoms with Crippen LogP contribution in [0.1, 0.15) is 91.4 Å². The molecule has 0 aliphatic heterocycles. The Kier molecular flexibility index (Phi) is 6.26. The lowest BCUT2D eigenvalue weighted by Crippen LogP contribution is -2.57. The van der Waals surface area contributed by atoms with Crippen LogP contribution in [0.2, 0.25) is 0 Å². The molecule has 0 radical (unpaired) electrons. The third-order valence-electron chi connectivity index (χ3n) is 10.2. The van der Waals surface area contributed by atoms with Crippen molar-refractivity contribution in [2.75, 3.05) is 7.11 Å². The van der Waals surface area contributed by atoms with Gasteiger partial charge in [0.25, 0.3) is 0 Å². The highest BCUT2D eigenvalue weighted by Crippen LogP contribution is 2.66. The Balaban J connectivity index is 1.47. The molecule has 5 nitrogen and oxygen atoms in total. The lowest BCUT2D eigenvalue weighted by Gasteiger charge is -2.60. The van der Waals surface area contributed by atoms with Gasteiger partial charge in [-0.15, -0.1) is 0 Å². The molecule has 0 heterocycles. The molecule has 4 aliphatic rings. The van der Waals surface area contributed by atoms with Crippen LogP contribution in [0.5, 0.6) is 0 Å². The van der Waals surface area contributed by atoms with Gasteiger partial charge in [0.2, 0.25) is 0 Å². The lowest BCUT2D eigenvalue weighted by atomic mass is 9.44. The zero-order chi connectivity index (χ0) is 22.4. The Hall–Kier alpha value is -1.39. The van der Waals surface area contributed by atoms with E-state index in [4.69, 9.17) is 9.47 Å². The first-order valence-corrected chi connectivity index (χ1v) is 12.5. The van der Waals surface area contributed by atoms with E-state index < -0.39 is 0 Å². The normalized spacial score (nSPS) is 44.1. The number of esters is 2. The smallest absolute Gasteiger partial charge is 0.305 e. The quantitative estimate of drug-likeness (QED) is 0.565. The zero-order valence-electron chi connectivity index (χ0n) is 19.8. The van der Waals surface area contributed by atoms with Crippen LogP contribution in [0.25, 0.3) is 0 Å². The van der Waals surface area contributed by atoms with Crippen LogP contribution in [0, 0.1) is 40.4 Å². The van der Waals surface area contributed by atoms with Crippen LogP contribution >= 0.6 is 0 Å². The minimum Gasteiger partial charge on any atom is -0.469 e. The molecule has 0 N–H and O–H groups in total. The van der Waals surface area contributed by atoms with Crippen molar-refractivity contribution in [3.05, 3.63) is 0 Å². The second kappa shape index (κ2) is 8.51. The highest BCUT2D eigenvalue weighted by atomic mass is 16.5. The summed E-state index contributed by atoms with van der Waals surface area (Å²) in [6, 6.07) is 0. The first-order valence-electron chi connectivity index (χ1n) is 12.5. The molecule has 4 fully saturated rings. The number of hydrogen-bond acceptors (Lipinski definition) is 5. The van der Waals surface area contributed by atoms with Gasteiger partial charge in [-0.2, -0.15) is 0 Å². The topological polar surface area (TPSA) is 69.7 Å². The summed E-state index contributed by atoms with van der Waals surface area (Å²) in [7, 11) is 1.44. The average Bonchev–Trinajstić information content (AvgIpc) is 3.06. The van der Waals surface area contributed by atoms with Crippen LogP contribution in [0.3, 0.4) is 0 Å². The number of hydrogen-bond donors (Lipinski definition) is 0. The Bertz CT molecular complexity index is 731. The standard InChI is InChI=1S/C26H40O5/c1-16(27)31-19-12-13-25(2)18(14-19)8-10-20-21-11-9-17(6-5-7-24(29)30-4)26(21,3)23(28)15-22(20)25/h17-22H,5-15H2,1-4H3/t17-,18+,19+,20?,21-,22-,25-,26+/m0/s1. The van der Waals surface area contributed by atoms with Crippen LogP contribution in [0.15, 0.2) is 0 Å². The Morgan fingerprint density at radius 1 is 1.06 bits per heavy atom. The summed E-state index contributed by atoms with van der Waals surface area (Å²) in [5, 5.41) is 0. The van der Waals surface area contributed by atoms with Crippen molar-refractivity contribution in [2.45, 2.75) is 97.5 Å². The first-order chi connectivity index (χ1) is 14.7. The van der Waals surface area contributed by atoms with E-state index in [1.54, 1.807) is 0 Å². The molecule has 174 valence electrons. The molecule has 1 unspecified atom stereocenters. The van der Waals surface area contributed by atoms with E-state index in [9.17, 15) is 14.4 Å². The molecule has 5 heteroatoms. The predicted molar refractivity (Wildman–Crippen MR) is 117 cm³/mol. The molecule has 0 saturated heterocycles. The van der Waals surface area contributed by atoms with Gasteiger partial charge in [-0.1, -0.05) is 13.8 Å². The molecule has 4 aliphatic carbocycles. The van der Waals surface area contributed by atoms with Crippen LogP contribution < -0.4 is 0 Å². The summed E-state index contributed by atoms with van der Waals surface area (Å²) in [4.78, 5) is 36.7. The van der Waals surface area contributed by atoms with Crippen molar-refractivity contribution < 1.29 is 23.9 Å². The number of methoxy groups -OCH3 is 1. The minimum atomic E-state index is -0.213. The molecular formula is C26H40O5. The molecule has 0 spiro atoms. The van der Waals surface area contributed by atoms with E-state index in [0.717, 1.165) is 51.4 Å². The van der Waals surface area contributed by atoms with Gasteiger partial charge < -0.3 is 9.47 Å². The highest BCUT2D eigenvalue weighted by Gasteiger charge is 2.63. The van der Waals surface area contributed by atoms with Crippen LogP contribution in [-0.2, 0) is 23.9 Å². The van der Waals surface area contributed by atoms with E-state index in [0.29, 0.717) is 41.8 Å². The molecule has 8 atom stereocenters. The van der Waals surface area contributed by atoms with Gasteiger partial charge in [0.05, 0.1) is 7.11 Å². The Labute approximate surface area is 187 Å². The summed E-state index contributed by atoms with van der Waals surface area (Å²) >= 11 is 0. The molecule has 0 aromatic heterocycles. The predicted octanol–water partition coefficient (Wildman–Crippen LogP) is 5.10. The molecule has 0 aromatic rings. The Morgan fingerprint density at radius 2 is 1.84 bits per heavy atom. The summed E-state index contributed by atoms with van der Waals surface area (Å²) in [6.07, 6.45) is 10.6. The van der Waals surface area contributed by atoms with E-state index in [2.05, 4.69) is 13.8 Å². The largest absolute Gasteiger partial charge is 0.469 e. The molecule has 0 bridgehead atoms. The maximum Gasteiger partial charge on any atom is 0.305 e. The van der Waals surface area contributed by atoms with Gasteiger partial charge in [0.15, 0.2) is 0 Å².